The topological polar surface area (TPSA) is 0 Å². The highest BCUT2D eigenvalue weighted by atomic mass is 14.1. The van der Waals surface area contributed by atoms with Gasteiger partial charge in [0.1, 0.15) is 0 Å². The fourth-order valence-electron chi connectivity index (χ4n) is 2.30. The van der Waals surface area contributed by atoms with Crippen LogP contribution < -0.4 is 0 Å². The Morgan fingerprint density at radius 3 is 2.44 bits per heavy atom. The summed E-state index contributed by atoms with van der Waals surface area (Å²) >= 11 is 0. The monoisotopic (exact) mass is 239 g/mol. The van der Waals surface area contributed by atoms with Crippen molar-refractivity contribution in [2.45, 2.75) is 40.0 Å². The summed E-state index contributed by atoms with van der Waals surface area (Å²) in [6.45, 7) is 6.80. The van der Waals surface area contributed by atoms with Crippen molar-refractivity contribution >= 4 is 10.8 Å². The third-order valence-corrected chi connectivity index (χ3v) is 3.90. The van der Waals surface area contributed by atoms with E-state index in [0.29, 0.717) is 0 Å². The van der Waals surface area contributed by atoms with Crippen molar-refractivity contribution in [2.75, 3.05) is 0 Å². The molecule has 0 N–H and O–H groups in total. The van der Waals surface area contributed by atoms with Crippen LogP contribution in [0, 0.1) is 11.8 Å². The molecule has 1 atom stereocenters. The number of hydrogen-bond acceptors (Lipinski definition) is 0. The molecule has 0 aliphatic carbocycles. The van der Waals surface area contributed by atoms with E-state index in [1.165, 1.54) is 35.6 Å². The molecule has 0 saturated heterocycles. The molecule has 18 heavy (non-hydrogen) atoms. The van der Waals surface area contributed by atoms with Crippen molar-refractivity contribution in [1.82, 2.24) is 0 Å². The minimum atomic E-state index is 0.755. The maximum atomic E-state index is 2.34. The maximum Gasteiger partial charge on any atom is -0.0181 e. The summed E-state index contributed by atoms with van der Waals surface area (Å²) in [6.07, 6.45) is 3.78. The second-order valence-electron chi connectivity index (χ2n) is 5.55. The van der Waals surface area contributed by atoms with Crippen LogP contribution in [0.2, 0.25) is 0 Å². The summed E-state index contributed by atoms with van der Waals surface area (Å²) < 4.78 is 0. The first-order chi connectivity index (χ1) is 8.66. The highest BCUT2D eigenvalue weighted by Crippen LogP contribution is 2.21. The Balaban J connectivity index is 1.96. The first-order valence-electron chi connectivity index (χ1n) is 6.94. The molecule has 0 aromatic heterocycles. The number of aryl methyl sites for hydroxylation is 1. The Morgan fingerprint density at radius 1 is 1.00 bits per heavy atom. The number of benzene rings is 2. The molecule has 1 unspecified atom stereocenters. The fourth-order valence-corrected chi connectivity index (χ4v) is 2.30. The standard InChI is InChI=1S/C18H23/c1-14(2)15(3)7-6-8-16-11-12-17-9-4-5-10-18(17)13-16/h4-5,9-13,15H,6-8H2,1-3H3. The number of rotatable bonds is 5. The Labute approximate surface area is 111 Å². The van der Waals surface area contributed by atoms with Gasteiger partial charge in [-0.15, -0.1) is 0 Å². The summed E-state index contributed by atoms with van der Waals surface area (Å²) in [7, 11) is 0. The minimum Gasteiger partial charge on any atom is -0.0620 e. The van der Waals surface area contributed by atoms with Crippen LogP contribution in [-0.4, -0.2) is 0 Å². The van der Waals surface area contributed by atoms with Gasteiger partial charge >= 0.3 is 0 Å². The molecule has 0 nitrogen and oxygen atoms in total. The molecular formula is C18H23. The Morgan fingerprint density at radius 2 is 1.72 bits per heavy atom. The highest BCUT2D eigenvalue weighted by Gasteiger charge is 2.07. The first kappa shape index (κ1) is 13.1. The maximum absolute atomic E-state index is 2.34. The van der Waals surface area contributed by atoms with Crippen LogP contribution in [0.25, 0.3) is 10.8 Å². The smallest absolute Gasteiger partial charge is 0.0181 e. The van der Waals surface area contributed by atoms with Crippen molar-refractivity contribution in [3.63, 3.8) is 0 Å². The summed E-state index contributed by atoms with van der Waals surface area (Å²) in [5.74, 6) is 2.30. The molecule has 2 aromatic carbocycles. The molecule has 0 bridgehead atoms. The van der Waals surface area contributed by atoms with Gasteiger partial charge in [0, 0.05) is 0 Å². The van der Waals surface area contributed by atoms with Crippen LogP contribution in [0.4, 0.5) is 0 Å². The second-order valence-corrected chi connectivity index (χ2v) is 5.55. The summed E-state index contributed by atoms with van der Waals surface area (Å²) in [6, 6.07) is 15.4. The van der Waals surface area contributed by atoms with Crippen LogP contribution in [0.3, 0.4) is 0 Å². The van der Waals surface area contributed by atoms with Crippen molar-refractivity contribution in [2.24, 2.45) is 5.92 Å². The van der Waals surface area contributed by atoms with E-state index in [1.807, 2.05) is 0 Å². The molecule has 0 fully saturated rings. The zero-order valence-electron chi connectivity index (χ0n) is 11.7. The van der Waals surface area contributed by atoms with Gasteiger partial charge in [0.05, 0.1) is 0 Å². The quantitative estimate of drug-likeness (QED) is 0.654. The van der Waals surface area contributed by atoms with Crippen LogP contribution in [0.5, 0.6) is 0 Å². The van der Waals surface area contributed by atoms with Gasteiger partial charge in [-0.3, -0.25) is 0 Å². The van der Waals surface area contributed by atoms with Gasteiger partial charge in [-0.25, -0.2) is 0 Å². The van der Waals surface area contributed by atoms with Crippen LogP contribution in [0.1, 0.15) is 39.2 Å². The van der Waals surface area contributed by atoms with Gasteiger partial charge in [-0.05, 0) is 47.4 Å². The van der Waals surface area contributed by atoms with E-state index < -0.39 is 0 Å². The lowest BCUT2D eigenvalue weighted by atomic mass is 9.91. The van der Waals surface area contributed by atoms with Gasteiger partial charge in [-0.2, -0.15) is 0 Å². The third kappa shape index (κ3) is 3.35. The van der Waals surface area contributed by atoms with Gasteiger partial charge in [0.15, 0.2) is 0 Å². The first-order valence-corrected chi connectivity index (χ1v) is 6.94. The van der Waals surface area contributed by atoms with Crippen molar-refractivity contribution in [3.05, 3.63) is 53.9 Å². The predicted octanol–water partition coefficient (Wildman–Crippen LogP) is 5.41. The lowest BCUT2D eigenvalue weighted by Crippen LogP contribution is -2.02. The average molecular weight is 239 g/mol. The van der Waals surface area contributed by atoms with E-state index in [2.05, 4.69) is 63.2 Å². The van der Waals surface area contributed by atoms with E-state index in [9.17, 15) is 0 Å². The SMILES string of the molecule is C[C](C)C(C)CCCc1ccc2ccccc2c1. The average Bonchev–Trinajstić information content (AvgIpc) is 2.38. The molecule has 0 amide bonds. The van der Waals surface area contributed by atoms with Gasteiger partial charge in [0.25, 0.3) is 0 Å². The van der Waals surface area contributed by atoms with E-state index in [4.69, 9.17) is 0 Å². The molecule has 0 heteroatoms. The van der Waals surface area contributed by atoms with Crippen LogP contribution in [-0.2, 0) is 6.42 Å². The molecule has 1 radical (unpaired) electrons. The normalized spacial score (nSPS) is 13.1. The van der Waals surface area contributed by atoms with E-state index in [-0.39, 0.29) is 0 Å². The third-order valence-electron chi connectivity index (χ3n) is 3.90. The predicted molar refractivity (Wildman–Crippen MR) is 80.6 cm³/mol. The zero-order chi connectivity index (χ0) is 13.0. The van der Waals surface area contributed by atoms with Crippen molar-refractivity contribution < 1.29 is 0 Å². The van der Waals surface area contributed by atoms with Gasteiger partial charge in [0.2, 0.25) is 0 Å². The van der Waals surface area contributed by atoms with Crippen LogP contribution >= 0.6 is 0 Å². The Kier molecular flexibility index (Phi) is 4.41. The van der Waals surface area contributed by atoms with Crippen LogP contribution in [0.15, 0.2) is 42.5 Å². The van der Waals surface area contributed by atoms with E-state index >= 15 is 0 Å². The van der Waals surface area contributed by atoms with E-state index in [1.54, 1.807) is 5.92 Å². The Hall–Kier alpha value is -1.30. The lowest BCUT2D eigenvalue weighted by molar-refractivity contribution is 0.527. The van der Waals surface area contributed by atoms with Crippen molar-refractivity contribution in [3.8, 4) is 0 Å². The lowest BCUT2D eigenvalue weighted by Gasteiger charge is -2.14. The summed E-state index contributed by atoms with van der Waals surface area (Å²) in [5, 5.41) is 2.70. The molecular weight excluding hydrogens is 216 g/mol. The molecule has 0 aliphatic heterocycles. The summed E-state index contributed by atoms with van der Waals surface area (Å²) in [5.41, 5.74) is 1.47. The zero-order valence-corrected chi connectivity index (χ0v) is 11.7. The molecule has 0 spiro atoms. The number of fused-ring (bicyclic) bond motifs is 1. The molecule has 95 valence electrons. The molecule has 0 aliphatic rings. The molecule has 0 saturated carbocycles. The number of hydrogen-bond donors (Lipinski definition) is 0. The molecule has 2 aromatic rings. The minimum absolute atomic E-state index is 0.755. The molecule has 0 heterocycles. The Bertz CT molecular complexity index is 496. The molecule has 2 rings (SSSR count). The van der Waals surface area contributed by atoms with E-state index in [0.717, 1.165) is 5.92 Å². The highest BCUT2D eigenvalue weighted by molar-refractivity contribution is 5.82. The second kappa shape index (κ2) is 6.04. The largest absolute Gasteiger partial charge is 0.0620 e. The summed E-state index contributed by atoms with van der Waals surface area (Å²) in [4.78, 5) is 0. The van der Waals surface area contributed by atoms with Gasteiger partial charge < -0.3 is 0 Å². The van der Waals surface area contributed by atoms with Gasteiger partial charge in [-0.1, -0.05) is 63.2 Å². The van der Waals surface area contributed by atoms with Crippen molar-refractivity contribution in [1.29, 1.82) is 0 Å². The fraction of sp³-hybridized carbons (Fsp3) is 0.389.